The number of aromatic nitrogens is 2. The Bertz CT molecular complexity index is 467. The Morgan fingerprint density at radius 1 is 1.50 bits per heavy atom. The van der Waals surface area contributed by atoms with Crippen LogP contribution in [0.1, 0.15) is 18.5 Å². The number of hydrogen-bond acceptors (Lipinski definition) is 3. The van der Waals surface area contributed by atoms with Crippen LogP contribution in [0.25, 0.3) is 0 Å². The van der Waals surface area contributed by atoms with E-state index in [0.29, 0.717) is 0 Å². The first-order valence-electron chi connectivity index (χ1n) is 4.97. The third kappa shape index (κ3) is 2.36. The van der Waals surface area contributed by atoms with Crippen LogP contribution in [0.2, 0.25) is 0 Å². The third-order valence-electron chi connectivity index (χ3n) is 2.40. The molecule has 0 aliphatic carbocycles. The molecule has 4 N–H and O–H groups in total. The molecule has 0 bridgehead atoms. The van der Waals surface area contributed by atoms with Gasteiger partial charge in [0.1, 0.15) is 0 Å². The third-order valence-corrected chi connectivity index (χ3v) is 2.90. The van der Waals surface area contributed by atoms with Crippen LogP contribution in [0.3, 0.4) is 0 Å². The van der Waals surface area contributed by atoms with Gasteiger partial charge >= 0.3 is 0 Å². The number of halogens is 1. The number of rotatable bonds is 3. The normalized spacial score (nSPS) is 12.4. The molecular weight excluding hydrogens is 268 g/mol. The predicted octanol–water partition coefficient (Wildman–Crippen LogP) is 2.93. The van der Waals surface area contributed by atoms with Gasteiger partial charge in [0.2, 0.25) is 0 Å². The SMILES string of the molecule is CC(Nc1ccc(Br)cc1N)c1cn[nH]c1. The van der Waals surface area contributed by atoms with Gasteiger partial charge in [-0.1, -0.05) is 15.9 Å². The van der Waals surface area contributed by atoms with Crippen molar-refractivity contribution >= 4 is 27.3 Å². The van der Waals surface area contributed by atoms with Crippen LogP contribution in [0.4, 0.5) is 11.4 Å². The zero-order chi connectivity index (χ0) is 11.5. The zero-order valence-corrected chi connectivity index (χ0v) is 10.5. The molecule has 1 heterocycles. The Labute approximate surface area is 102 Å². The molecule has 0 amide bonds. The molecule has 0 aliphatic rings. The van der Waals surface area contributed by atoms with Gasteiger partial charge in [-0.2, -0.15) is 5.10 Å². The second-order valence-corrected chi connectivity index (χ2v) is 4.54. The van der Waals surface area contributed by atoms with Gasteiger partial charge in [0.15, 0.2) is 0 Å². The highest BCUT2D eigenvalue weighted by atomic mass is 79.9. The highest BCUT2D eigenvalue weighted by molar-refractivity contribution is 9.10. The largest absolute Gasteiger partial charge is 0.397 e. The molecule has 0 saturated heterocycles. The fourth-order valence-corrected chi connectivity index (χ4v) is 1.86. The number of anilines is 2. The smallest absolute Gasteiger partial charge is 0.0579 e. The molecule has 0 radical (unpaired) electrons. The monoisotopic (exact) mass is 280 g/mol. The Morgan fingerprint density at radius 2 is 2.31 bits per heavy atom. The molecule has 2 rings (SSSR count). The van der Waals surface area contributed by atoms with E-state index in [9.17, 15) is 0 Å². The molecule has 4 nitrogen and oxygen atoms in total. The van der Waals surface area contributed by atoms with Crippen LogP contribution < -0.4 is 11.1 Å². The number of nitrogen functional groups attached to an aromatic ring is 1. The highest BCUT2D eigenvalue weighted by Crippen LogP contribution is 2.26. The minimum atomic E-state index is 0.169. The van der Waals surface area contributed by atoms with E-state index in [4.69, 9.17) is 5.73 Å². The summed E-state index contributed by atoms with van der Waals surface area (Å²) in [4.78, 5) is 0. The minimum Gasteiger partial charge on any atom is -0.397 e. The van der Waals surface area contributed by atoms with Gasteiger partial charge in [-0.25, -0.2) is 0 Å². The van der Waals surface area contributed by atoms with Gasteiger partial charge in [0.25, 0.3) is 0 Å². The molecule has 5 heteroatoms. The van der Waals surface area contributed by atoms with Crippen LogP contribution in [0.15, 0.2) is 35.1 Å². The second kappa shape index (κ2) is 4.57. The summed E-state index contributed by atoms with van der Waals surface area (Å²) in [6, 6.07) is 5.96. The number of aromatic amines is 1. The topological polar surface area (TPSA) is 66.7 Å². The summed E-state index contributed by atoms with van der Waals surface area (Å²) in [6.45, 7) is 2.06. The van der Waals surface area contributed by atoms with E-state index >= 15 is 0 Å². The molecular formula is C11H13BrN4. The molecule has 1 atom stereocenters. The Balaban J connectivity index is 2.15. The zero-order valence-electron chi connectivity index (χ0n) is 8.87. The van der Waals surface area contributed by atoms with Crippen molar-refractivity contribution in [3.8, 4) is 0 Å². The van der Waals surface area contributed by atoms with Crippen LogP contribution in [-0.4, -0.2) is 10.2 Å². The molecule has 1 aromatic carbocycles. The van der Waals surface area contributed by atoms with Gasteiger partial charge in [-0.15, -0.1) is 0 Å². The standard InChI is InChI=1S/C11H13BrN4/c1-7(8-5-14-15-6-8)16-11-3-2-9(12)4-10(11)13/h2-7,16H,13H2,1H3,(H,14,15). The lowest BCUT2D eigenvalue weighted by Gasteiger charge is -2.15. The molecule has 0 saturated carbocycles. The lowest BCUT2D eigenvalue weighted by Crippen LogP contribution is -2.07. The lowest BCUT2D eigenvalue weighted by atomic mass is 10.1. The summed E-state index contributed by atoms with van der Waals surface area (Å²) in [5.41, 5.74) is 8.66. The predicted molar refractivity (Wildman–Crippen MR) is 69.2 cm³/mol. The summed E-state index contributed by atoms with van der Waals surface area (Å²) in [5, 5.41) is 10.0. The Kier molecular flexibility index (Phi) is 3.14. The van der Waals surface area contributed by atoms with Crippen molar-refractivity contribution in [1.29, 1.82) is 0 Å². The maximum absolute atomic E-state index is 5.91. The molecule has 84 valence electrons. The van der Waals surface area contributed by atoms with E-state index in [1.54, 1.807) is 6.20 Å². The first-order valence-corrected chi connectivity index (χ1v) is 5.76. The van der Waals surface area contributed by atoms with Crippen LogP contribution in [-0.2, 0) is 0 Å². The minimum absolute atomic E-state index is 0.169. The first kappa shape index (κ1) is 11.0. The average Bonchev–Trinajstić information content (AvgIpc) is 2.75. The maximum atomic E-state index is 5.91. The van der Waals surface area contributed by atoms with Gasteiger partial charge in [0, 0.05) is 16.2 Å². The van der Waals surface area contributed by atoms with E-state index in [1.165, 1.54) is 0 Å². The van der Waals surface area contributed by atoms with Gasteiger partial charge < -0.3 is 11.1 Å². The number of nitrogens with one attached hydrogen (secondary N) is 2. The van der Waals surface area contributed by atoms with E-state index in [1.807, 2.05) is 24.4 Å². The van der Waals surface area contributed by atoms with Crippen molar-refractivity contribution < 1.29 is 0 Å². The van der Waals surface area contributed by atoms with E-state index in [2.05, 4.69) is 38.4 Å². The summed E-state index contributed by atoms with van der Waals surface area (Å²) >= 11 is 3.38. The van der Waals surface area contributed by atoms with Crippen LogP contribution in [0, 0.1) is 0 Å². The van der Waals surface area contributed by atoms with Gasteiger partial charge in [0.05, 0.1) is 23.6 Å². The van der Waals surface area contributed by atoms with Crippen molar-refractivity contribution in [2.24, 2.45) is 0 Å². The number of H-pyrrole nitrogens is 1. The molecule has 0 fully saturated rings. The molecule has 0 aliphatic heterocycles. The summed E-state index contributed by atoms with van der Waals surface area (Å²) in [7, 11) is 0. The Hall–Kier alpha value is -1.49. The van der Waals surface area contributed by atoms with E-state index in [-0.39, 0.29) is 6.04 Å². The molecule has 1 unspecified atom stereocenters. The quantitative estimate of drug-likeness (QED) is 0.758. The molecule has 16 heavy (non-hydrogen) atoms. The number of nitrogens with zero attached hydrogens (tertiary/aromatic N) is 1. The highest BCUT2D eigenvalue weighted by Gasteiger charge is 2.08. The Morgan fingerprint density at radius 3 is 2.94 bits per heavy atom. The fraction of sp³-hybridized carbons (Fsp3) is 0.182. The average molecular weight is 281 g/mol. The first-order chi connectivity index (χ1) is 7.66. The summed E-state index contributed by atoms with van der Waals surface area (Å²) in [5.74, 6) is 0. The van der Waals surface area contributed by atoms with Gasteiger partial charge in [-0.3, -0.25) is 5.10 Å². The maximum Gasteiger partial charge on any atom is 0.0579 e. The number of hydrogen-bond donors (Lipinski definition) is 3. The number of benzene rings is 1. The molecule has 0 spiro atoms. The molecule has 1 aromatic heterocycles. The van der Waals surface area contributed by atoms with Crippen LogP contribution in [0.5, 0.6) is 0 Å². The van der Waals surface area contributed by atoms with Crippen molar-refractivity contribution in [3.05, 3.63) is 40.6 Å². The van der Waals surface area contributed by atoms with Crippen molar-refractivity contribution in [2.45, 2.75) is 13.0 Å². The van der Waals surface area contributed by atoms with Crippen LogP contribution >= 0.6 is 15.9 Å². The molecule has 2 aromatic rings. The van der Waals surface area contributed by atoms with E-state index in [0.717, 1.165) is 21.4 Å². The number of nitrogens with two attached hydrogens (primary N) is 1. The van der Waals surface area contributed by atoms with Gasteiger partial charge in [-0.05, 0) is 25.1 Å². The van der Waals surface area contributed by atoms with Crippen molar-refractivity contribution in [3.63, 3.8) is 0 Å². The second-order valence-electron chi connectivity index (χ2n) is 3.63. The van der Waals surface area contributed by atoms with E-state index < -0.39 is 0 Å². The summed E-state index contributed by atoms with van der Waals surface area (Å²) < 4.78 is 0.978. The fourth-order valence-electron chi connectivity index (χ4n) is 1.48. The lowest BCUT2D eigenvalue weighted by molar-refractivity contribution is 0.886. The van der Waals surface area contributed by atoms with Crippen molar-refractivity contribution in [2.75, 3.05) is 11.1 Å². The van der Waals surface area contributed by atoms with Crippen molar-refractivity contribution in [1.82, 2.24) is 10.2 Å². The summed E-state index contributed by atoms with van der Waals surface area (Å²) in [6.07, 6.45) is 3.67.